The van der Waals surface area contributed by atoms with Gasteiger partial charge in [-0.1, -0.05) is 49.4 Å². The van der Waals surface area contributed by atoms with Crippen LogP contribution in [0.5, 0.6) is 0 Å². The highest BCUT2D eigenvalue weighted by atomic mass is 19.1. The molecule has 17 heavy (non-hydrogen) atoms. The van der Waals surface area contributed by atoms with Gasteiger partial charge in [0.1, 0.15) is 5.82 Å². The molecule has 1 N–H and O–H groups in total. The highest BCUT2D eigenvalue weighted by Crippen LogP contribution is 2.25. The molecule has 0 aliphatic carbocycles. The molecule has 2 rings (SSSR count). The number of benzene rings is 2. The third-order valence-corrected chi connectivity index (χ3v) is 2.87. The quantitative estimate of drug-likeness (QED) is 0.846. The van der Waals surface area contributed by atoms with Gasteiger partial charge in [-0.25, -0.2) is 4.39 Å². The van der Waals surface area contributed by atoms with Crippen molar-refractivity contribution in [2.45, 2.75) is 19.4 Å². The lowest BCUT2D eigenvalue weighted by atomic mass is 10.0. The van der Waals surface area contributed by atoms with E-state index in [0.717, 1.165) is 11.1 Å². The van der Waals surface area contributed by atoms with Gasteiger partial charge in [0.25, 0.3) is 0 Å². The lowest BCUT2D eigenvalue weighted by Crippen LogP contribution is -1.94. The Balaban J connectivity index is 2.33. The first-order chi connectivity index (χ1) is 8.22. The Morgan fingerprint density at radius 3 is 2.29 bits per heavy atom. The van der Waals surface area contributed by atoms with E-state index >= 15 is 0 Å². The van der Waals surface area contributed by atoms with E-state index in [1.807, 2.05) is 37.3 Å². The molecule has 0 amide bonds. The van der Waals surface area contributed by atoms with Gasteiger partial charge in [0.05, 0.1) is 6.10 Å². The van der Waals surface area contributed by atoms with E-state index in [9.17, 15) is 9.50 Å². The van der Waals surface area contributed by atoms with E-state index in [4.69, 9.17) is 0 Å². The Hall–Kier alpha value is -1.67. The molecule has 1 nitrogen and oxygen atoms in total. The van der Waals surface area contributed by atoms with Crippen molar-refractivity contribution in [1.29, 1.82) is 0 Å². The predicted octanol–water partition coefficient (Wildman–Crippen LogP) is 3.94. The summed E-state index contributed by atoms with van der Waals surface area (Å²) in [5, 5.41) is 9.67. The molecular formula is C15H15FO. The normalized spacial score (nSPS) is 12.4. The molecule has 2 aromatic carbocycles. The number of rotatable bonds is 3. The van der Waals surface area contributed by atoms with Crippen LogP contribution < -0.4 is 0 Å². The Morgan fingerprint density at radius 2 is 1.71 bits per heavy atom. The average molecular weight is 230 g/mol. The largest absolute Gasteiger partial charge is 0.388 e. The van der Waals surface area contributed by atoms with E-state index in [1.54, 1.807) is 12.1 Å². The summed E-state index contributed by atoms with van der Waals surface area (Å²) in [6, 6.07) is 14.1. The molecule has 0 heterocycles. The summed E-state index contributed by atoms with van der Waals surface area (Å²) in [6.45, 7) is 1.93. The zero-order valence-electron chi connectivity index (χ0n) is 9.73. The second-order valence-electron chi connectivity index (χ2n) is 4.03. The lowest BCUT2D eigenvalue weighted by molar-refractivity contribution is 0.173. The molecule has 0 fully saturated rings. The molecule has 2 heteroatoms. The summed E-state index contributed by atoms with van der Waals surface area (Å²) < 4.78 is 13.6. The van der Waals surface area contributed by atoms with Gasteiger partial charge >= 0.3 is 0 Å². The SMILES string of the molecule is CC[C@@H](O)c1ccc(-c2ccccc2F)cc1. The first kappa shape index (κ1) is 11.8. The number of aliphatic hydroxyl groups excluding tert-OH is 1. The van der Waals surface area contributed by atoms with E-state index in [2.05, 4.69) is 0 Å². The summed E-state index contributed by atoms with van der Waals surface area (Å²) in [6.07, 6.45) is 0.239. The van der Waals surface area contributed by atoms with Gasteiger partial charge < -0.3 is 5.11 Å². The maximum absolute atomic E-state index is 13.6. The predicted molar refractivity (Wildman–Crippen MR) is 67.1 cm³/mol. The molecule has 0 aliphatic rings. The summed E-state index contributed by atoms with van der Waals surface area (Å²) in [4.78, 5) is 0. The van der Waals surface area contributed by atoms with Crippen LogP contribution in [-0.2, 0) is 0 Å². The summed E-state index contributed by atoms with van der Waals surface area (Å²) >= 11 is 0. The van der Waals surface area contributed by atoms with Crippen LogP contribution in [0, 0.1) is 5.82 Å². The lowest BCUT2D eigenvalue weighted by Gasteiger charge is -2.09. The zero-order chi connectivity index (χ0) is 12.3. The van der Waals surface area contributed by atoms with Crippen molar-refractivity contribution in [1.82, 2.24) is 0 Å². The highest BCUT2D eigenvalue weighted by Gasteiger charge is 2.06. The molecule has 1 atom stereocenters. The Kier molecular flexibility index (Phi) is 3.55. The van der Waals surface area contributed by atoms with Crippen molar-refractivity contribution in [2.24, 2.45) is 0 Å². The van der Waals surface area contributed by atoms with Crippen LogP contribution in [0.1, 0.15) is 25.0 Å². The van der Waals surface area contributed by atoms with Crippen molar-refractivity contribution in [3.05, 3.63) is 59.9 Å². The first-order valence-electron chi connectivity index (χ1n) is 5.75. The molecule has 0 radical (unpaired) electrons. The fourth-order valence-electron chi connectivity index (χ4n) is 1.82. The monoisotopic (exact) mass is 230 g/mol. The molecular weight excluding hydrogens is 215 g/mol. The fraction of sp³-hybridized carbons (Fsp3) is 0.200. The molecule has 0 aromatic heterocycles. The number of hydrogen-bond acceptors (Lipinski definition) is 1. The van der Waals surface area contributed by atoms with Crippen molar-refractivity contribution in [2.75, 3.05) is 0 Å². The topological polar surface area (TPSA) is 20.2 Å². The van der Waals surface area contributed by atoms with E-state index in [0.29, 0.717) is 12.0 Å². The average Bonchev–Trinajstić information content (AvgIpc) is 2.39. The molecule has 88 valence electrons. The van der Waals surface area contributed by atoms with E-state index < -0.39 is 6.10 Å². The maximum Gasteiger partial charge on any atom is 0.131 e. The summed E-state index contributed by atoms with van der Waals surface area (Å²) in [7, 11) is 0. The third kappa shape index (κ3) is 2.53. The van der Waals surface area contributed by atoms with Crippen molar-refractivity contribution in [3.63, 3.8) is 0 Å². The van der Waals surface area contributed by atoms with Crippen LogP contribution in [-0.4, -0.2) is 5.11 Å². The molecule has 0 saturated heterocycles. The Labute approximate surface area is 101 Å². The first-order valence-corrected chi connectivity index (χ1v) is 5.75. The Bertz CT molecular complexity index is 491. The fourth-order valence-corrected chi connectivity index (χ4v) is 1.82. The third-order valence-electron chi connectivity index (χ3n) is 2.87. The van der Waals surface area contributed by atoms with Crippen LogP contribution in [0.4, 0.5) is 4.39 Å². The maximum atomic E-state index is 13.6. The van der Waals surface area contributed by atoms with Gasteiger partial charge in [-0.15, -0.1) is 0 Å². The second-order valence-corrected chi connectivity index (χ2v) is 4.03. The minimum absolute atomic E-state index is 0.226. The zero-order valence-corrected chi connectivity index (χ0v) is 9.73. The number of halogens is 1. The molecule has 2 aromatic rings. The highest BCUT2D eigenvalue weighted by molar-refractivity contribution is 5.64. The van der Waals surface area contributed by atoms with Crippen LogP contribution in [0.25, 0.3) is 11.1 Å². The van der Waals surface area contributed by atoms with Crippen molar-refractivity contribution >= 4 is 0 Å². The van der Waals surface area contributed by atoms with Crippen LogP contribution >= 0.6 is 0 Å². The van der Waals surface area contributed by atoms with Crippen LogP contribution in [0.3, 0.4) is 0 Å². The second kappa shape index (κ2) is 5.11. The minimum atomic E-state index is -0.440. The molecule has 0 bridgehead atoms. The number of aliphatic hydroxyl groups is 1. The summed E-state index contributed by atoms with van der Waals surface area (Å²) in [5.41, 5.74) is 2.28. The van der Waals surface area contributed by atoms with Crippen molar-refractivity contribution in [3.8, 4) is 11.1 Å². The van der Waals surface area contributed by atoms with Gasteiger partial charge in [0.2, 0.25) is 0 Å². The van der Waals surface area contributed by atoms with Crippen molar-refractivity contribution < 1.29 is 9.50 Å². The van der Waals surface area contributed by atoms with Crippen LogP contribution in [0.2, 0.25) is 0 Å². The Morgan fingerprint density at radius 1 is 1.06 bits per heavy atom. The van der Waals surface area contributed by atoms with Gasteiger partial charge in [-0.2, -0.15) is 0 Å². The van der Waals surface area contributed by atoms with Gasteiger partial charge in [0.15, 0.2) is 0 Å². The number of hydrogen-bond donors (Lipinski definition) is 1. The molecule has 0 unspecified atom stereocenters. The smallest absolute Gasteiger partial charge is 0.131 e. The standard InChI is InChI=1S/C15H15FO/c1-2-15(17)12-9-7-11(8-10-12)13-5-3-4-6-14(13)16/h3-10,15,17H,2H2,1H3/t15-/m1/s1. The van der Waals surface area contributed by atoms with Gasteiger partial charge in [0, 0.05) is 5.56 Å². The van der Waals surface area contributed by atoms with Crippen LogP contribution in [0.15, 0.2) is 48.5 Å². The van der Waals surface area contributed by atoms with Gasteiger partial charge in [-0.05, 0) is 23.6 Å². The molecule has 0 aliphatic heterocycles. The minimum Gasteiger partial charge on any atom is -0.388 e. The molecule has 0 saturated carbocycles. The van der Waals surface area contributed by atoms with E-state index in [-0.39, 0.29) is 5.82 Å². The molecule has 0 spiro atoms. The summed E-state index contributed by atoms with van der Waals surface area (Å²) in [5.74, 6) is -0.226. The van der Waals surface area contributed by atoms with Gasteiger partial charge in [-0.3, -0.25) is 0 Å². The van der Waals surface area contributed by atoms with E-state index in [1.165, 1.54) is 6.07 Å².